The van der Waals surface area contributed by atoms with Crippen molar-refractivity contribution >= 4 is 17.0 Å². The van der Waals surface area contributed by atoms with Gasteiger partial charge in [-0.2, -0.15) is 0 Å². The molecule has 0 spiro atoms. The van der Waals surface area contributed by atoms with Crippen molar-refractivity contribution in [2.45, 2.75) is 39.0 Å². The van der Waals surface area contributed by atoms with Gasteiger partial charge in [-0.05, 0) is 72.4 Å². The van der Waals surface area contributed by atoms with E-state index in [4.69, 9.17) is 9.15 Å². The molecule has 0 radical (unpaired) electrons. The topological polar surface area (TPSA) is 64.4 Å². The van der Waals surface area contributed by atoms with Gasteiger partial charge in [0.05, 0.1) is 32.8 Å². The third-order valence-corrected chi connectivity index (χ3v) is 7.36. The summed E-state index contributed by atoms with van der Waals surface area (Å²) in [6.07, 6.45) is 7.88. The molecule has 0 bridgehead atoms. The van der Waals surface area contributed by atoms with Crippen LogP contribution in [0.5, 0.6) is 5.75 Å². The zero-order chi connectivity index (χ0) is 30.8. The van der Waals surface area contributed by atoms with Crippen LogP contribution in [0.3, 0.4) is 0 Å². The van der Waals surface area contributed by atoms with Gasteiger partial charge in [0.25, 0.3) is 5.91 Å². The van der Waals surface area contributed by atoms with E-state index in [-0.39, 0.29) is 17.6 Å². The second kappa shape index (κ2) is 14.8. The Balaban J connectivity index is 1.53. The molecule has 226 valence electrons. The lowest BCUT2D eigenvalue weighted by molar-refractivity contribution is -0.882. The maximum Gasteiger partial charge on any atom is 0.275 e. The second-order valence-electron chi connectivity index (χ2n) is 11.5. The molecule has 0 saturated carbocycles. The molecule has 4 rings (SSSR count). The number of amides is 1. The fourth-order valence-corrected chi connectivity index (χ4v) is 5.15. The molecule has 0 saturated heterocycles. The zero-order valence-corrected chi connectivity index (χ0v) is 25.6. The number of ether oxygens (including phenoxy) is 1. The van der Waals surface area contributed by atoms with Crippen LogP contribution in [-0.4, -0.2) is 55.7 Å². The molecule has 0 unspecified atom stereocenters. The van der Waals surface area contributed by atoms with Gasteiger partial charge in [-0.3, -0.25) is 4.79 Å². The number of halogens is 1. The number of carbonyl (C=O) groups excluding carboxylic acids is 1. The number of fused-ring (bicyclic) bond motifs is 1. The van der Waals surface area contributed by atoms with Gasteiger partial charge < -0.3 is 19.0 Å². The molecular weight excluding hydrogens is 541 g/mol. The Morgan fingerprint density at radius 1 is 1.05 bits per heavy atom. The number of quaternary nitrogens is 1. The predicted octanol–water partition coefficient (Wildman–Crippen LogP) is 7.52. The maximum absolute atomic E-state index is 14.6. The van der Waals surface area contributed by atoms with E-state index in [1.807, 2.05) is 30.4 Å². The standard InChI is InChI=1S/C36H42FN3O3/c1-6-9-19-38-34(41)25-40(4,5)20-12-21-42-33-18-17-27(24-28(33)14-8-3)30-22-26(13-7-2)23-32-35(30)43-36(39-32)29-15-10-11-16-31(29)37/h7-8,10-11,15-18,22-24H,2-3,6,9,12-14,19-21,25H2,1,4-5H3/p+1. The molecule has 43 heavy (non-hydrogen) atoms. The van der Waals surface area contributed by atoms with Gasteiger partial charge in [0.1, 0.15) is 17.1 Å². The van der Waals surface area contributed by atoms with Crippen LogP contribution in [0.15, 0.2) is 84.3 Å². The first kappa shape index (κ1) is 31.7. The number of nitrogens with zero attached hydrogens (tertiary/aromatic N) is 2. The highest BCUT2D eigenvalue weighted by Gasteiger charge is 2.20. The maximum atomic E-state index is 14.6. The summed E-state index contributed by atoms with van der Waals surface area (Å²) in [7, 11) is 4.14. The Morgan fingerprint density at radius 3 is 2.58 bits per heavy atom. The van der Waals surface area contributed by atoms with E-state index < -0.39 is 0 Å². The molecule has 0 atom stereocenters. The third-order valence-electron chi connectivity index (χ3n) is 7.36. The second-order valence-corrected chi connectivity index (χ2v) is 11.5. The predicted molar refractivity (Wildman–Crippen MR) is 173 cm³/mol. The summed E-state index contributed by atoms with van der Waals surface area (Å²) in [5.41, 5.74) is 5.45. The lowest BCUT2D eigenvalue weighted by Crippen LogP contribution is -2.48. The smallest absolute Gasteiger partial charge is 0.275 e. The number of rotatable bonds is 16. The number of oxazole rings is 1. The first-order valence-electron chi connectivity index (χ1n) is 15.0. The van der Waals surface area contributed by atoms with Gasteiger partial charge in [0.2, 0.25) is 5.89 Å². The molecular formula is C36H43FN3O3+. The quantitative estimate of drug-likeness (QED) is 0.0841. The molecule has 0 aliphatic heterocycles. The van der Waals surface area contributed by atoms with Crippen molar-refractivity contribution in [1.82, 2.24) is 10.3 Å². The minimum Gasteiger partial charge on any atom is -0.493 e. The average Bonchev–Trinajstić information content (AvgIpc) is 3.40. The molecule has 7 heteroatoms. The Hall–Kier alpha value is -4.23. The molecule has 1 heterocycles. The van der Waals surface area contributed by atoms with E-state index in [0.717, 1.165) is 60.4 Å². The van der Waals surface area contributed by atoms with Crippen molar-refractivity contribution in [1.29, 1.82) is 0 Å². The van der Waals surface area contributed by atoms with Gasteiger partial charge in [-0.1, -0.05) is 43.7 Å². The van der Waals surface area contributed by atoms with Gasteiger partial charge in [-0.15, -0.1) is 13.2 Å². The molecule has 0 aliphatic carbocycles. The molecule has 0 aliphatic rings. The third kappa shape index (κ3) is 8.42. The Kier molecular flexibility index (Phi) is 10.9. The van der Waals surface area contributed by atoms with Crippen molar-refractivity contribution < 1.29 is 22.8 Å². The molecule has 1 aromatic heterocycles. The minimum absolute atomic E-state index is 0.0854. The fraction of sp³-hybridized carbons (Fsp3) is 0.333. The number of hydrogen-bond acceptors (Lipinski definition) is 4. The van der Waals surface area contributed by atoms with Gasteiger partial charge in [-0.25, -0.2) is 9.37 Å². The van der Waals surface area contributed by atoms with Crippen LogP contribution in [0, 0.1) is 5.82 Å². The van der Waals surface area contributed by atoms with E-state index in [9.17, 15) is 9.18 Å². The van der Waals surface area contributed by atoms with Crippen LogP contribution in [0.1, 0.15) is 37.3 Å². The molecule has 1 amide bonds. The summed E-state index contributed by atoms with van der Waals surface area (Å²) in [5, 5.41) is 3.00. The van der Waals surface area contributed by atoms with Crippen molar-refractivity contribution in [3.05, 3.63) is 96.9 Å². The van der Waals surface area contributed by atoms with Crippen LogP contribution >= 0.6 is 0 Å². The lowest BCUT2D eigenvalue weighted by Gasteiger charge is -2.29. The Morgan fingerprint density at radius 2 is 1.84 bits per heavy atom. The highest BCUT2D eigenvalue weighted by atomic mass is 19.1. The summed E-state index contributed by atoms with van der Waals surface area (Å²) in [6, 6.07) is 16.6. The molecule has 1 N–H and O–H groups in total. The van der Waals surface area contributed by atoms with Crippen molar-refractivity contribution in [2.75, 3.05) is 40.3 Å². The number of unbranched alkanes of at least 4 members (excludes halogenated alkanes) is 1. The number of hydrogen-bond donors (Lipinski definition) is 1. The van der Waals surface area contributed by atoms with E-state index in [1.165, 1.54) is 6.07 Å². The van der Waals surface area contributed by atoms with E-state index in [1.54, 1.807) is 18.2 Å². The van der Waals surface area contributed by atoms with Crippen molar-refractivity contribution in [2.24, 2.45) is 0 Å². The van der Waals surface area contributed by atoms with E-state index in [0.29, 0.717) is 47.1 Å². The molecule has 4 aromatic rings. The Bertz CT molecular complexity index is 1570. The largest absolute Gasteiger partial charge is 0.493 e. The number of aromatic nitrogens is 1. The number of carbonyl (C=O) groups is 1. The van der Waals surface area contributed by atoms with Crippen LogP contribution in [-0.2, 0) is 17.6 Å². The van der Waals surface area contributed by atoms with Crippen LogP contribution in [0.2, 0.25) is 0 Å². The first-order chi connectivity index (χ1) is 20.7. The van der Waals surface area contributed by atoms with E-state index >= 15 is 0 Å². The van der Waals surface area contributed by atoms with Crippen LogP contribution < -0.4 is 10.1 Å². The highest BCUT2D eigenvalue weighted by Crippen LogP contribution is 2.36. The number of benzene rings is 3. The summed E-state index contributed by atoms with van der Waals surface area (Å²) in [5.74, 6) is 0.752. The summed E-state index contributed by atoms with van der Waals surface area (Å²) < 4.78 is 27.6. The van der Waals surface area contributed by atoms with Crippen LogP contribution in [0.4, 0.5) is 4.39 Å². The van der Waals surface area contributed by atoms with E-state index in [2.05, 4.69) is 56.6 Å². The SMILES string of the molecule is C=CCc1cc(-c2ccc(OCCC[N+](C)(C)CC(=O)NCCCC)c(CC=C)c2)c2oc(-c3ccccc3F)nc2c1. The lowest BCUT2D eigenvalue weighted by atomic mass is 9.97. The first-order valence-corrected chi connectivity index (χ1v) is 15.0. The monoisotopic (exact) mass is 584 g/mol. The normalized spacial score (nSPS) is 11.4. The number of likely N-dealkylation sites (N-methyl/N-ethyl adjacent to an activating group) is 1. The van der Waals surface area contributed by atoms with Crippen molar-refractivity contribution in [3.8, 4) is 28.3 Å². The number of allylic oxidation sites excluding steroid dienone is 2. The summed E-state index contributed by atoms with van der Waals surface area (Å²) >= 11 is 0. The number of nitrogens with one attached hydrogen (secondary N) is 1. The Labute approximate surface area is 254 Å². The average molecular weight is 585 g/mol. The summed E-state index contributed by atoms with van der Waals surface area (Å²) in [4.78, 5) is 16.9. The minimum atomic E-state index is -0.380. The fourth-order valence-electron chi connectivity index (χ4n) is 5.15. The van der Waals surface area contributed by atoms with Gasteiger partial charge in [0.15, 0.2) is 12.1 Å². The zero-order valence-electron chi connectivity index (χ0n) is 25.6. The summed E-state index contributed by atoms with van der Waals surface area (Å²) in [6.45, 7) is 12.5. The van der Waals surface area contributed by atoms with Crippen molar-refractivity contribution in [3.63, 3.8) is 0 Å². The van der Waals surface area contributed by atoms with Gasteiger partial charge >= 0.3 is 0 Å². The van der Waals surface area contributed by atoms with Gasteiger partial charge in [0, 0.05) is 18.5 Å². The van der Waals surface area contributed by atoms with Crippen LogP contribution in [0.25, 0.3) is 33.7 Å². The highest BCUT2D eigenvalue weighted by molar-refractivity contribution is 5.92. The molecule has 6 nitrogen and oxygen atoms in total. The molecule has 3 aromatic carbocycles. The molecule has 0 fully saturated rings.